The van der Waals surface area contributed by atoms with Gasteiger partial charge in [0, 0.05) is 13.1 Å². The molecule has 6 heteroatoms. The van der Waals surface area contributed by atoms with E-state index in [0.717, 1.165) is 0 Å². The molecule has 0 atom stereocenters. The number of carbonyl (C=O) groups excluding carboxylic acids is 1. The quantitative estimate of drug-likeness (QED) is 0.899. The fourth-order valence-electron chi connectivity index (χ4n) is 1.58. The highest BCUT2D eigenvalue weighted by atomic mass is 19.2. The van der Waals surface area contributed by atoms with Crippen LogP contribution in [-0.2, 0) is 0 Å². The van der Waals surface area contributed by atoms with Crippen molar-refractivity contribution < 1.29 is 23.5 Å². The first-order valence-electron chi connectivity index (χ1n) is 5.43. The monoisotopic (exact) mass is 257 g/mol. The molecule has 0 aromatic heterocycles. The van der Waals surface area contributed by atoms with Crippen LogP contribution < -0.4 is 0 Å². The molecule has 18 heavy (non-hydrogen) atoms. The van der Waals surface area contributed by atoms with Gasteiger partial charge in [-0.1, -0.05) is 0 Å². The normalized spacial score (nSPS) is 10.2. The highest BCUT2D eigenvalue weighted by molar-refractivity contribution is 6.04. The van der Waals surface area contributed by atoms with Crippen molar-refractivity contribution in [3.8, 4) is 0 Å². The minimum absolute atomic E-state index is 0.342. The molecule has 0 bridgehead atoms. The second-order valence-corrected chi connectivity index (χ2v) is 3.59. The van der Waals surface area contributed by atoms with Gasteiger partial charge in [-0.2, -0.15) is 0 Å². The van der Waals surface area contributed by atoms with Gasteiger partial charge in [-0.05, 0) is 26.0 Å². The molecule has 98 valence electrons. The van der Waals surface area contributed by atoms with Crippen LogP contribution in [0.5, 0.6) is 0 Å². The van der Waals surface area contributed by atoms with Crippen molar-refractivity contribution >= 4 is 11.9 Å². The van der Waals surface area contributed by atoms with Gasteiger partial charge in [0.2, 0.25) is 0 Å². The number of hydrogen-bond donors (Lipinski definition) is 1. The van der Waals surface area contributed by atoms with E-state index < -0.39 is 29.1 Å². The molecule has 0 saturated heterocycles. The minimum Gasteiger partial charge on any atom is -0.478 e. The summed E-state index contributed by atoms with van der Waals surface area (Å²) in [7, 11) is 0. The van der Waals surface area contributed by atoms with Crippen LogP contribution in [0.1, 0.15) is 34.6 Å². The molecule has 0 aliphatic heterocycles. The van der Waals surface area contributed by atoms with Gasteiger partial charge < -0.3 is 10.0 Å². The molecule has 1 aromatic rings. The Kier molecular flexibility index (Phi) is 4.36. The first-order chi connectivity index (χ1) is 8.42. The van der Waals surface area contributed by atoms with Gasteiger partial charge in [0.25, 0.3) is 5.91 Å². The van der Waals surface area contributed by atoms with Crippen LogP contribution in [0, 0.1) is 11.6 Å². The summed E-state index contributed by atoms with van der Waals surface area (Å²) in [5, 5.41) is 8.90. The van der Waals surface area contributed by atoms with E-state index in [4.69, 9.17) is 5.11 Å². The Bertz CT molecular complexity index is 484. The third-order valence-electron chi connectivity index (χ3n) is 2.57. The van der Waals surface area contributed by atoms with Crippen LogP contribution in [0.4, 0.5) is 8.78 Å². The summed E-state index contributed by atoms with van der Waals surface area (Å²) in [6, 6.07) is 1.15. The number of carboxylic acids is 1. The molecule has 0 aliphatic carbocycles. The molecule has 0 fully saturated rings. The smallest absolute Gasteiger partial charge is 0.336 e. The first-order valence-corrected chi connectivity index (χ1v) is 5.43. The predicted molar refractivity (Wildman–Crippen MR) is 60.6 cm³/mol. The molecule has 1 N–H and O–H groups in total. The van der Waals surface area contributed by atoms with Gasteiger partial charge in [0.05, 0.1) is 11.1 Å². The van der Waals surface area contributed by atoms with Crippen molar-refractivity contribution in [1.82, 2.24) is 4.90 Å². The lowest BCUT2D eigenvalue weighted by atomic mass is 10.1. The summed E-state index contributed by atoms with van der Waals surface area (Å²) < 4.78 is 26.1. The molecule has 0 radical (unpaired) electrons. The van der Waals surface area contributed by atoms with Crippen molar-refractivity contribution in [2.45, 2.75) is 13.8 Å². The van der Waals surface area contributed by atoms with E-state index in [2.05, 4.69) is 0 Å². The fourth-order valence-corrected chi connectivity index (χ4v) is 1.58. The van der Waals surface area contributed by atoms with Gasteiger partial charge in [0.1, 0.15) is 0 Å². The average Bonchev–Trinajstić information content (AvgIpc) is 2.33. The van der Waals surface area contributed by atoms with Crippen molar-refractivity contribution in [3.63, 3.8) is 0 Å². The van der Waals surface area contributed by atoms with E-state index in [1.807, 2.05) is 0 Å². The molecule has 4 nitrogen and oxygen atoms in total. The Balaban J connectivity index is 3.34. The standard InChI is InChI=1S/C12H13F2NO3/c1-3-15(4-2)11(16)7-5-9(13)10(14)6-8(7)12(17)18/h5-6H,3-4H2,1-2H3,(H,17,18). The number of carbonyl (C=O) groups is 2. The Labute approximate surface area is 103 Å². The third kappa shape index (κ3) is 2.64. The number of nitrogens with zero attached hydrogens (tertiary/aromatic N) is 1. The first kappa shape index (κ1) is 14.1. The maximum Gasteiger partial charge on any atom is 0.336 e. The van der Waals surface area contributed by atoms with E-state index in [9.17, 15) is 18.4 Å². The highest BCUT2D eigenvalue weighted by Gasteiger charge is 2.23. The maximum absolute atomic E-state index is 13.1. The number of hydrogen-bond acceptors (Lipinski definition) is 2. The summed E-state index contributed by atoms with van der Waals surface area (Å²) in [5.74, 6) is -4.63. The van der Waals surface area contributed by atoms with E-state index in [0.29, 0.717) is 25.2 Å². The van der Waals surface area contributed by atoms with Crippen LogP contribution >= 0.6 is 0 Å². The largest absolute Gasteiger partial charge is 0.478 e. The number of carboxylic acid groups (broad SMARTS) is 1. The lowest BCUT2D eigenvalue weighted by Gasteiger charge is -2.19. The van der Waals surface area contributed by atoms with Crippen molar-refractivity contribution in [3.05, 3.63) is 34.9 Å². The zero-order valence-corrected chi connectivity index (χ0v) is 10.0. The second-order valence-electron chi connectivity index (χ2n) is 3.59. The molecule has 0 spiro atoms. The van der Waals surface area contributed by atoms with Crippen LogP contribution in [-0.4, -0.2) is 35.0 Å². The molecular formula is C12H13F2NO3. The summed E-state index contributed by atoms with van der Waals surface area (Å²) in [6.07, 6.45) is 0. The summed E-state index contributed by atoms with van der Waals surface area (Å²) in [4.78, 5) is 24.2. The molecular weight excluding hydrogens is 244 g/mol. The number of amides is 1. The van der Waals surface area contributed by atoms with Crippen molar-refractivity contribution in [1.29, 1.82) is 0 Å². The highest BCUT2D eigenvalue weighted by Crippen LogP contribution is 2.17. The number of rotatable bonds is 4. The number of halogens is 2. The van der Waals surface area contributed by atoms with Crippen molar-refractivity contribution in [2.24, 2.45) is 0 Å². The van der Waals surface area contributed by atoms with E-state index in [-0.39, 0.29) is 5.56 Å². The Morgan fingerprint density at radius 1 is 1.11 bits per heavy atom. The molecule has 0 unspecified atom stereocenters. The SMILES string of the molecule is CCN(CC)C(=O)c1cc(F)c(F)cc1C(=O)O. The molecule has 1 aromatic carbocycles. The Morgan fingerprint density at radius 3 is 1.94 bits per heavy atom. The van der Waals surface area contributed by atoms with Crippen LogP contribution in [0.15, 0.2) is 12.1 Å². The van der Waals surface area contributed by atoms with Gasteiger partial charge >= 0.3 is 5.97 Å². The van der Waals surface area contributed by atoms with Crippen LogP contribution in [0.2, 0.25) is 0 Å². The molecule has 1 rings (SSSR count). The number of aromatic carboxylic acids is 1. The number of benzene rings is 1. The summed E-state index contributed by atoms with van der Waals surface area (Å²) in [6.45, 7) is 4.13. The molecule has 1 amide bonds. The second kappa shape index (κ2) is 5.57. The Hall–Kier alpha value is -1.98. The Morgan fingerprint density at radius 2 is 1.56 bits per heavy atom. The van der Waals surface area contributed by atoms with E-state index in [1.165, 1.54) is 4.90 Å². The van der Waals surface area contributed by atoms with Gasteiger partial charge in [-0.25, -0.2) is 13.6 Å². The molecule has 0 heterocycles. The zero-order valence-electron chi connectivity index (χ0n) is 10.0. The minimum atomic E-state index is -1.47. The third-order valence-corrected chi connectivity index (χ3v) is 2.57. The van der Waals surface area contributed by atoms with Gasteiger partial charge in [-0.15, -0.1) is 0 Å². The van der Waals surface area contributed by atoms with Gasteiger partial charge in [-0.3, -0.25) is 4.79 Å². The maximum atomic E-state index is 13.1. The summed E-state index contributed by atoms with van der Waals surface area (Å²) >= 11 is 0. The van der Waals surface area contributed by atoms with Crippen molar-refractivity contribution in [2.75, 3.05) is 13.1 Å². The predicted octanol–water partition coefficient (Wildman–Crippen LogP) is 2.15. The average molecular weight is 257 g/mol. The zero-order chi connectivity index (χ0) is 13.9. The molecule has 0 aliphatic rings. The van der Waals surface area contributed by atoms with E-state index >= 15 is 0 Å². The van der Waals surface area contributed by atoms with Crippen LogP contribution in [0.25, 0.3) is 0 Å². The van der Waals surface area contributed by atoms with Gasteiger partial charge in [0.15, 0.2) is 11.6 Å². The lowest BCUT2D eigenvalue weighted by Crippen LogP contribution is -2.32. The lowest BCUT2D eigenvalue weighted by molar-refractivity contribution is 0.0677. The topological polar surface area (TPSA) is 57.6 Å². The van der Waals surface area contributed by atoms with Crippen LogP contribution in [0.3, 0.4) is 0 Å². The fraction of sp³-hybridized carbons (Fsp3) is 0.333. The van der Waals surface area contributed by atoms with E-state index in [1.54, 1.807) is 13.8 Å². The molecule has 0 saturated carbocycles. The summed E-state index contributed by atoms with van der Waals surface area (Å²) in [5.41, 5.74) is -0.879.